The highest BCUT2D eigenvalue weighted by atomic mass is 35.5. The van der Waals surface area contributed by atoms with E-state index in [-0.39, 0.29) is 23.7 Å². The van der Waals surface area contributed by atoms with Gasteiger partial charge in [-0.1, -0.05) is 29.8 Å². The van der Waals surface area contributed by atoms with Gasteiger partial charge in [0.2, 0.25) is 0 Å². The molecule has 0 spiro atoms. The maximum Gasteiger partial charge on any atom is 0.358 e. The number of rotatable bonds is 4. The van der Waals surface area contributed by atoms with Crippen LogP contribution in [0.4, 0.5) is 5.69 Å². The highest BCUT2D eigenvalue weighted by molar-refractivity contribution is 6.33. The predicted molar refractivity (Wildman–Crippen MR) is 70.4 cm³/mol. The van der Waals surface area contributed by atoms with Gasteiger partial charge < -0.3 is 4.74 Å². The molecule has 0 amide bonds. The predicted octanol–water partition coefficient (Wildman–Crippen LogP) is 3.30. The molecule has 0 radical (unpaired) electrons. The first-order valence-electron chi connectivity index (χ1n) is 5.52. The van der Waals surface area contributed by atoms with Gasteiger partial charge in [0.15, 0.2) is 11.4 Å². The van der Waals surface area contributed by atoms with E-state index < -0.39 is 5.97 Å². The Hall–Kier alpha value is -2.21. The number of H-pyrrole nitrogens is 1. The molecule has 0 fully saturated rings. The van der Waals surface area contributed by atoms with Crippen molar-refractivity contribution < 1.29 is 9.53 Å². The van der Waals surface area contributed by atoms with Gasteiger partial charge in [-0.2, -0.15) is 5.10 Å². The van der Waals surface area contributed by atoms with E-state index >= 15 is 0 Å². The molecule has 1 aromatic carbocycles. The van der Waals surface area contributed by atoms with Crippen molar-refractivity contribution in [3.63, 3.8) is 0 Å². The molecule has 2 rings (SSSR count). The number of hydrogen-bond donors (Lipinski definition) is 1. The molecule has 0 saturated heterocycles. The second kappa shape index (κ2) is 5.62. The number of ether oxygens (including phenoxy) is 1. The van der Waals surface area contributed by atoms with Gasteiger partial charge in [0, 0.05) is 5.56 Å². The van der Waals surface area contributed by atoms with Crippen LogP contribution in [-0.4, -0.2) is 22.8 Å². The van der Waals surface area contributed by atoms with Crippen LogP contribution in [0.1, 0.15) is 17.4 Å². The van der Waals surface area contributed by atoms with E-state index in [2.05, 4.69) is 15.4 Å². The number of benzene rings is 1. The van der Waals surface area contributed by atoms with Crippen molar-refractivity contribution in [3.05, 3.63) is 39.9 Å². The van der Waals surface area contributed by atoms with Crippen molar-refractivity contribution >= 4 is 23.3 Å². The fourth-order valence-electron chi connectivity index (χ4n) is 1.61. The fourth-order valence-corrected chi connectivity index (χ4v) is 1.84. The maximum absolute atomic E-state index is 11.6. The molecule has 0 aliphatic carbocycles. The van der Waals surface area contributed by atoms with E-state index in [1.54, 1.807) is 31.2 Å². The first-order valence-corrected chi connectivity index (χ1v) is 5.90. The summed E-state index contributed by atoms with van der Waals surface area (Å²) in [6.45, 7) is 1.86. The van der Waals surface area contributed by atoms with Crippen LogP contribution in [0.25, 0.3) is 11.3 Å². The number of nitrogens with zero attached hydrogens (tertiary/aromatic N) is 2. The SMILES string of the molecule is CCOC(=O)c1[nH]nc(-c2ccccc2Cl)c1N=O. The van der Waals surface area contributed by atoms with Crippen molar-refractivity contribution in [1.82, 2.24) is 10.2 Å². The molecule has 0 bridgehead atoms. The van der Waals surface area contributed by atoms with E-state index in [0.29, 0.717) is 10.6 Å². The summed E-state index contributed by atoms with van der Waals surface area (Å²) in [7, 11) is 0. The number of aromatic amines is 1. The second-order valence-corrected chi connectivity index (χ2v) is 3.99. The smallest absolute Gasteiger partial charge is 0.358 e. The molecule has 6 nitrogen and oxygen atoms in total. The van der Waals surface area contributed by atoms with Crippen LogP contribution in [0.2, 0.25) is 5.02 Å². The van der Waals surface area contributed by atoms with Crippen molar-refractivity contribution in [3.8, 4) is 11.3 Å². The number of nitrogens with one attached hydrogen (secondary N) is 1. The number of esters is 1. The Labute approximate surface area is 113 Å². The van der Waals surface area contributed by atoms with Gasteiger partial charge in [-0.3, -0.25) is 5.10 Å². The van der Waals surface area contributed by atoms with Crippen molar-refractivity contribution in [1.29, 1.82) is 0 Å². The van der Waals surface area contributed by atoms with Crippen LogP contribution >= 0.6 is 11.6 Å². The lowest BCUT2D eigenvalue weighted by Crippen LogP contribution is -2.05. The van der Waals surface area contributed by atoms with Crippen LogP contribution in [0.15, 0.2) is 29.4 Å². The van der Waals surface area contributed by atoms with E-state index in [0.717, 1.165) is 0 Å². The zero-order valence-electron chi connectivity index (χ0n) is 10.0. The van der Waals surface area contributed by atoms with Crippen molar-refractivity contribution in [2.75, 3.05) is 6.61 Å². The summed E-state index contributed by atoms with van der Waals surface area (Å²) in [5.74, 6) is -0.678. The Bertz CT molecular complexity index is 624. The largest absolute Gasteiger partial charge is 0.461 e. The third-order valence-corrected chi connectivity index (χ3v) is 2.77. The Morgan fingerprint density at radius 2 is 2.21 bits per heavy atom. The lowest BCUT2D eigenvalue weighted by Gasteiger charge is -2.01. The Kier molecular flexibility index (Phi) is 3.91. The number of carbonyl (C=O) groups is 1. The zero-order chi connectivity index (χ0) is 13.8. The molecule has 0 aliphatic rings. The maximum atomic E-state index is 11.6. The Balaban J connectivity index is 2.52. The van der Waals surface area contributed by atoms with Gasteiger partial charge in [-0.15, -0.1) is 4.91 Å². The molecule has 0 atom stereocenters. The molecule has 2 aromatic rings. The third-order valence-electron chi connectivity index (χ3n) is 2.44. The monoisotopic (exact) mass is 279 g/mol. The van der Waals surface area contributed by atoms with Crippen LogP contribution in [-0.2, 0) is 4.74 Å². The molecule has 0 unspecified atom stereocenters. The fraction of sp³-hybridized carbons (Fsp3) is 0.167. The average Bonchev–Trinajstić information content (AvgIpc) is 2.83. The van der Waals surface area contributed by atoms with E-state index in [1.807, 2.05) is 0 Å². The number of aromatic nitrogens is 2. The van der Waals surface area contributed by atoms with Crippen LogP contribution in [0.5, 0.6) is 0 Å². The summed E-state index contributed by atoms with van der Waals surface area (Å²) < 4.78 is 4.81. The number of carbonyl (C=O) groups excluding carboxylic acids is 1. The van der Waals surface area contributed by atoms with Gasteiger partial charge in [0.1, 0.15) is 5.69 Å². The molecule has 1 N–H and O–H groups in total. The third kappa shape index (κ3) is 2.48. The molecule has 1 heterocycles. The quantitative estimate of drug-likeness (QED) is 0.687. The van der Waals surface area contributed by atoms with Gasteiger partial charge >= 0.3 is 5.97 Å². The standard InChI is InChI=1S/C12H10ClN3O3/c1-2-19-12(17)11-10(16-18)9(14-15-11)7-5-3-4-6-8(7)13/h3-6H,2H2,1H3,(H,14,15). The van der Waals surface area contributed by atoms with Gasteiger partial charge in [0.05, 0.1) is 11.6 Å². The molecule has 1 aromatic heterocycles. The molecule has 7 heteroatoms. The minimum absolute atomic E-state index is 0.0771. The average molecular weight is 280 g/mol. The van der Waals surface area contributed by atoms with Crippen LogP contribution < -0.4 is 0 Å². The minimum Gasteiger partial charge on any atom is -0.461 e. The molecular weight excluding hydrogens is 270 g/mol. The Morgan fingerprint density at radius 1 is 1.47 bits per heavy atom. The topological polar surface area (TPSA) is 84.4 Å². The van der Waals surface area contributed by atoms with Crippen LogP contribution in [0, 0.1) is 4.91 Å². The highest BCUT2D eigenvalue weighted by Gasteiger charge is 2.23. The van der Waals surface area contributed by atoms with Gasteiger partial charge in [-0.25, -0.2) is 4.79 Å². The number of halogens is 1. The Morgan fingerprint density at radius 3 is 2.84 bits per heavy atom. The van der Waals surface area contributed by atoms with Crippen LogP contribution in [0.3, 0.4) is 0 Å². The summed E-state index contributed by atoms with van der Waals surface area (Å²) in [4.78, 5) is 22.6. The van der Waals surface area contributed by atoms with Crippen molar-refractivity contribution in [2.24, 2.45) is 5.18 Å². The first kappa shape index (κ1) is 13.2. The van der Waals surface area contributed by atoms with E-state index in [9.17, 15) is 9.70 Å². The summed E-state index contributed by atoms with van der Waals surface area (Å²) in [5, 5.41) is 9.64. The van der Waals surface area contributed by atoms with Crippen molar-refractivity contribution in [2.45, 2.75) is 6.92 Å². The minimum atomic E-state index is -0.678. The summed E-state index contributed by atoms with van der Waals surface area (Å²) in [6, 6.07) is 6.83. The summed E-state index contributed by atoms with van der Waals surface area (Å²) in [5.41, 5.74) is 0.563. The van der Waals surface area contributed by atoms with Gasteiger partial charge in [-0.05, 0) is 18.2 Å². The normalized spacial score (nSPS) is 10.2. The first-order chi connectivity index (χ1) is 9.19. The lowest BCUT2D eigenvalue weighted by atomic mass is 10.1. The summed E-state index contributed by atoms with van der Waals surface area (Å²) >= 11 is 6.02. The summed E-state index contributed by atoms with van der Waals surface area (Å²) in [6.07, 6.45) is 0. The molecular formula is C12H10ClN3O3. The van der Waals surface area contributed by atoms with E-state index in [4.69, 9.17) is 16.3 Å². The molecule has 0 aliphatic heterocycles. The van der Waals surface area contributed by atoms with E-state index in [1.165, 1.54) is 0 Å². The molecule has 0 saturated carbocycles. The lowest BCUT2D eigenvalue weighted by molar-refractivity contribution is 0.0520. The second-order valence-electron chi connectivity index (χ2n) is 3.59. The zero-order valence-corrected chi connectivity index (χ0v) is 10.8. The highest BCUT2D eigenvalue weighted by Crippen LogP contribution is 2.35. The molecule has 19 heavy (non-hydrogen) atoms. The number of nitroso groups, excluding NO2 is 1. The molecule has 98 valence electrons. The van der Waals surface area contributed by atoms with Gasteiger partial charge in [0.25, 0.3) is 0 Å². The number of hydrogen-bond acceptors (Lipinski definition) is 5.